The molecule has 0 heterocycles. The molecule has 2 atom stereocenters. The lowest BCUT2D eigenvalue weighted by Crippen LogP contribution is -2.58. The molecular formula is C6H16O5Si. The Hall–Kier alpha value is 0.0169. The maximum atomic E-state index is 9.47. The van der Waals surface area contributed by atoms with Gasteiger partial charge in [0.25, 0.3) is 0 Å². The molecule has 0 rings (SSSR count). The molecule has 0 fully saturated rings. The van der Waals surface area contributed by atoms with Crippen LogP contribution in [-0.2, 0) is 13.3 Å². The van der Waals surface area contributed by atoms with Crippen LogP contribution in [0.5, 0.6) is 0 Å². The van der Waals surface area contributed by atoms with Gasteiger partial charge in [0.2, 0.25) is 0 Å². The number of aliphatic hydroxyl groups excluding tert-OH is 2. The van der Waals surface area contributed by atoms with Crippen LogP contribution in [0.2, 0.25) is 0 Å². The van der Waals surface area contributed by atoms with Gasteiger partial charge in [-0.2, -0.15) is 0 Å². The third kappa shape index (κ3) is 2.25. The van der Waals surface area contributed by atoms with Crippen molar-refractivity contribution in [3.8, 4) is 0 Å². The van der Waals surface area contributed by atoms with Crippen LogP contribution in [0.4, 0.5) is 0 Å². The minimum absolute atomic E-state index is 0.934. The van der Waals surface area contributed by atoms with E-state index in [1.54, 1.807) is 0 Å². The third-order valence-electron chi connectivity index (χ3n) is 1.67. The van der Waals surface area contributed by atoms with E-state index in [0.29, 0.717) is 0 Å². The van der Waals surface area contributed by atoms with Crippen LogP contribution < -0.4 is 0 Å². The van der Waals surface area contributed by atoms with Gasteiger partial charge in [0.05, 0.1) is 6.10 Å². The lowest BCUT2D eigenvalue weighted by Gasteiger charge is -2.30. The highest BCUT2D eigenvalue weighted by Crippen LogP contribution is 2.14. The molecule has 2 N–H and O–H groups in total. The van der Waals surface area contributed by atoms with Crippen LogP contribution in [0.15, 0.2) is 0 Å². The van der Waals surface area contributed by atoms with E-state index in [-0.39, 0.29) is 0 Å². The van der Waals surface area contributed by atoms with Crippen molar-refractivity contribution in [2.45, 2.75) is 18.8 Å². The van der Waals surface area contributed by atoms with E-state index in [2.05, 4.69) is 0 Å². The Morgan fingerprint density at radius 2 is 1.33 bits per heavy atom. The second kappa shape index (κ2) is 4.90. The third-order valence-corrected chi connectivity index (χ3v) is 4.59. The summed E-state index contributed by atoms with van der Waals surface area (Å²) >= 11 is 0. The predicted octanol–water partition coefficient (Wildman–Crippen LogP) is -0.855. The lowest BCUT2D eigenvalue weighted by molar-refractivity contribution is 0.000480. The minimum Gasteiger partial charge on any atom is -0.391 e. The molecule has 0 spiro atoms. The SMILES string of the molecule is CO[Si](OC)(OC)C(O)C(C)O. The average Bonchev–Trinajstić information content (AvgIpc) is 2.08. The molecule has 0 aliphatic rings. The van der Waals surface area contributed by atoms with Gasteiger partial charge in [-0.25, -0.2) is 0 Å². The van der Waals surface area contributed by atoms with E-state index in [1.807, 2.05) is 0 Å². The maximum absolute atomic E-state index is 9.47. The molecule has 0 amide bonds. The first-order chi connectivity index (χ1) is 5.54. The van der Waals surface area contributed by atoms with Gasteiger partial charge in [-0.05, 0) is 6.92 Å². The van der Waals surface area contributed by atoms with Gasteiger partial charge >= 0.3 is 8.80 Å². The van der Waals surface area contributed by atoms with Gasteiger partial charge in [-0.15, -0.1) is 0 Å². The van der Waals surface area contributed by atoms with E-state index >= 15 is 0 Å². The number of hydrogen-bond acceptors (Lipinski definition) is 5. The molecule has 6 heteroatoms. The summed E-state index contributed by atoms with van der Waals surface area (Å²) in [4.78, 5) is 0. The van der Waals surface area contributed by atoms with Gasteiger partial charge in [-0.3, -0.25) is 0 Å². The quantitative estimate of drug-likeness (QED) is 0.560. The molecule has 2 unspecified atom stereocenters. The van der Waals surface area contributed by atoms with Crippen molar-refractivity contribution in [1.29, 1.82) is 0 Å². The molecule has 12 heavy (non-hydrogen) atoms. The van der Waals surface area contributed by atoms with Gasteiger partial charge in [0.1, 0.15) is 5.73 Å². The van der Waals surface area contributed by atoms with Gasteiger partial charge in [-0.1, -0.05) is 0 Å². The smallest absolute Gasteiger partial charge is 0.391 e. The van der Waals surface area contributed by atoms with Crippen molar-refractivity contribution in [2.75, 3.05) is 21.3 Å². The van der Waals surface area contributed by atoms with Crippen LogP contribution in [0.1, 0.15) is 6.92 Å². The zero-order chi connectivity index (χ0) is 9.78. The van der Waals surface area contributed by atoms with Gasteiger partial charge in [0.15, 0.2) is 0 Å². The standard InChI is InChI=1S/C6H16O5Si/c1-5(7)6(8)12(9-2,10-3)11-4/h5-8H,1-4H3. The fourth-order valence-electron chi connectivity index (χ4n) is 0.908. The Balaban J connectivity index is 4.46. The highest BCUT2D eigenvalue weighted by Gasteiger charge is 2.49. The fourth-order valence-corrected chi connectivity index (χ4v) is 2.72. The van der Waals surface area contributed by atoms with Gasteiger partial charge in [0, 0.05) is 21.3 Å². The second-order valence-corrected chi connectivity index (χ2v) is 5.42. The maximum Gasteiger partial charge on any atom is 0.533 e. The summed E-state index contributed by atoms with van der Waals surface area (Å²) in [7, 11) is 1.06. The molecule has 0 radical (unpaired) electrons. The van der Waals surface area contributed by atoms with E-state index in [9.17, 15) is 5.11 Å². The summed E-state index contributed by atoms with van der Waals surface area (Å²) in [5.41, 5.74) is -1.11. The Kier molecular flexibility index (Phi) is 4.91. The molecule has 5 nitrogen and oxygen atoms in total. The van der Waals surface area contributed by atoms with Crippen LogP contribution in [-0.4, -0.2) is 52.2 Å². The predicted molar refractivity (Wildman–Crippen MR) is 44.5 cm³/mol. The molecule has 0 bridgehead atoms. The summed E-state index contributed by atoms with van der Waals surface area (Å²) in [6.45, 7) is 1.45. The fraction of sp³-hybridized carbons (Fsp3) is 1.00. The Bertz CT molecular complexity index is 117. The first-order valence-corrected chi connectivity index (χ1v) is 5.35. The van der Waals surface area contributed by atoms with E-state index in [1.165, 1.54) is 28.3 Å². The molecule has 0 aliphatic heterocycles. The zero-order valence-electron chi connectivity index (χ0n) is 7.77. The second-order valence-electron chi connectivity index (χ2n) is 2.40. The molecule has 0 aromatic rings. The molecule has 0 aromatic carbocycles. The average molecular weight is 196 g/mol. The summed E-state index contributed by atoms with van der Waals surface area (Å²) in [5, 5.41) is 18.6. The summed E-state index contributed by atoms with van der Waals surface area (Å²) in [6, 6.07) is 0. The molecule has 0 saturated carbocycles. The number of aliphatic hydroxyl groups is 2. The van der Waals surface area contributed by atoms with Crippen LogP contribution >= 0.6 is 0 Å². The highest BCUT2D eigenvalue weighted by atomic mass is 28.4. The summed E-state index contributed by atoms with van der Waals surface area (Å²) in [5.74, 6) is 0. The van der Waals surface area contributed by atoms with Crippen LogP contribution in [0.25, 0.3) is 0 Å². The van der Waals surface area contributed by atoms with Crippen molar-refractivity contribution in [3.63, 3.8) is 0 Å². The van der Waals surface area contributed by atoms with E-state index in [4.69, 9.17) is 18.4 Å². The summed E-state index contributed by atoms with van der Waals surface area (Å²) < 4.78 is 14.8. The molecule has 0 aliphatic carbocycles. The number of hydrogen-bond donors (Lipinski definition) is 2. The topological polar surface area (TPSA) is 68.2 Å². The Morgan fingerprint density at radius 3 is 1.42 bits per heavy atom. The van der Waals surface area contributed by atoms with Crippen molar-refractivity contribution >= 4 is 8.80 Å². The number of rotatable bonds is 5. The van der Waals surface area contributed by atoms with E-state index < -0.39 is 20.6 Å². The Labute approximate surface area is 73.2 Å². The van der Waals surface area contributed by atoms with Gasteiger partial charge < -0.3 is 23.5 Å². The largest absolute Gasteiger partial charge is 0.533 e. The van der Waals surface area contributed by atoms with Crippen molar-refractivity contribution in [2.24, 2.45) is 0 Å². The molecular weight excluding hydrogens is 180 g/mol. The summed E-state index contributed by atoms with van der Waals surface area (Å²) in [6.07, 6.45) is -0.934. The van der Waals surface area contributed by atoms with E-state index in [0.717, 1.165) is 0 Å². The van der Waals surface area contributed by atoms with Crippen molar-refractivity contribution in [3.05, 3.63) is 0 Å². The zero-order valence-corrected chi connectivity index (χ0v) is 8.77. The van der Waals surface area contributed by atoms with Crippen LogP contribution in [0.3, 0.4) is 0 Å². The monoisotopic (exact) mass is 196 g/mol. The Morgan fingerprint density at radius 1 is 1.00 bits per heavy atom. The van der Waals surface area contributed by atoms with Crippen molar-refractivity contribution in [1.82, 2.24) is 0 Å². The first kappa shape index (κ1) is 12.0. The normalized spacial score (nSPS) is 17.5. The highest BCUT2D eigenvalue weighted by molar-refractivity contribution is 6.62. The lowest BCUT2D eigenvalue weighted by atomic mass is 10.4. The minimum atomic E-state index is -3.08. The molecule has 0 saturated heterocycles. The molecule has 74 valence electrons. The van der Waals surface area contributed by atoms with Crippen LogP contribution in [0, 0.1) is 0 Å². The molecule has 0 aromatic heterocycles. The first-order valence-electron chi connectivity index (χ1n) is 3.55. The van der Waals surface area contributed by atoms with Crippen molar-refractivity contribution < 1.29 is 23.5 Å².